The van der Waals surface area contributed by atoms with Gasteiger partial charge in [-0.2, -0.15) is 0 Å². The van der Waals surface area contributed by atoms with E-state index in [0.717, 1.165) is 25.3 Å². The summed E-state index contributed by atoms with van der Waals surface area (Å²) in [5, 5.41) is 0. The molecule has 17 heavy (non-hydrogen) atoms. The minimum Gasteiger partial charge on any atom is -0.271 e. The molecule has 3 N–H and O–H groups in total. The molecule has 1 atom stereocenters. The Kier molecular flexibility index (Phi) is 4.07. The standard InChI is InChI=1S/C13H18F2N2/c14-11-7-3-6-10(13(11)15)12(17-16)8-9-4-1-2-5-9/h3,6-7,9,12,17H,1-2,4-5,8,16H2. The third-order valence-electron chi connectivity index (χ3n) is 3.60. The summed E-state index contributed by atoms with van der Waals surface area (Å²) >= 11 is 0. The van der Waals surface area contributed by atoms with Crippen LogP contribution in [0.2, 0.25) is 0 Å². The molecule has 94 valence electrons. The summed E-state index contributed by atoms with van der Waals surface area (Å²) in [6, 6.07) is 3.95. The number of hydrogen-bond acceptors (Lipinski definition) is 2. The van der Waals surface area contributed by atoms with Gasteiger partial charge in [0.15, 0.2) is 11.6 Å². The van der Waals surface area contributed by atoms with Crippen molar-refractivity contribution < 1.29 is 8.78 Å². The molecule has 0 aromatic heterocycles. The third-order valence-corrected chi connectivity index (χ3v) is 3.60. The fourth-order valence-electron chi connectivity index (χ4n) is 2.65. The monoisotopic (exact) mass is 240 g/mol. The van der Waals surface area contributed by atoms with Crippen molar-refractivity contribution in [1.29, 1.82) is 0 Å². The van der Waals surface area contributed by atoms with Crippen LogP contribution >= 0.6 is 0 Å². The van der Waals surface area contributed by atoms with Crippen LogP contribution in [0.1, 0.15) is 43.7 Å². The van der Waals surface area contributed by atoms with Crippen LogP contribution in [-0.4, -0.2) is 0 Å². The average molecular weight is 240 g/mol. The molecule has 2 rings (SSSR count). The van der Waals surface area contributed by atoms with E-state index in [1.807, 2.05) is 0 Å². The van der Waals surface area contributed by atoms with E-state index >= 15 is 0 Å². The Hall–Kier alpha value is -1.00. The SMILES string of the molecule is NNC(CC1CCCC1)c1cccc(F)c1F. The number of halogens is 2. The first-order valence-corrected chi connectivity index (χ1v) is 6.12. The minimum absolute atomic E-state index is 0.297. The van der Waals surface area contributed by atoms with E-state index in [1.165, 1.54) is 18.9 Å². The maximum absolute atomic E-state index is 13.6. The summed E-state index contributed by atoms with van der Waals surface area (Å²) in [6.07, 6.45) is 5.56. The van der Waals surface area contributed by atoms with Crippen molar-refractivity contribution in [3.8, 4) is 0 Å². The molecule has 1 unspecified atom stereocenters. The molecular formula is C13H18F2N2. The van der Waals surface area contributed by atoms with Crippen molar-refractivity contribution in [1.82, 2.24) is 5.43 Å². The van der Waals surface area contributed by atoms with Gasteiger partial charge in [-0.15, -0.1) is 0 Å². The highest BCUT2D eigenvalue weighted by Gasteiger charge is 2.23. The molecule has 1 aliphatic carbocycles. The molecule has 0 bridgehead atoms. The van der Waals surface area contributed by atoms with Crippen LogP contribution in [0, 0.1) is 17.6 Å². The molecule has 0 spiro atoms. The van der Waals surface area contributed by atoms with Crippen LogP contribution in [0.3, 0.4) is 0 Å². The lowest BCUT2D eigenvalue weighted by Crippen LogP contribution is -2.30. The van der Waals surface area contributed by atoms with E-state index in [2.05, 4.69) is 5.43 Å². The zero-order chi connectivity index (χ0) is 12.3. The molecule has 1 saturated carbocycles. The Morgan fingerprint density at radius 2 is 2.00 bits per heavy atom. The molecule has 0 heterocycles. The van der Waals surface area contributed by atoms with Crippen molar-refractivity contribution in [2.45, 2.75) is 38.1 Å². The van der Waals surface area contributed by atoms with Gasteiger partial charge in [-0.3, -0.25) is 11.3 Å². The summed E-state index contributed by atoms with van der Waals surface area (Å²) < 4.78 is 26.8. The third kappa shape index (κ3) is 2.82. The Morgan fingerprint density at radius 3 is 2.65 bits per heavy atom. The number of hydrazine groups is 1. The Labute approximate surface area is 100 Å². The smallest absolute Gasteiger partial charge is 0.163 e. The van der Waals surface area contributed by atoms with Gasteiger partial charge in [0, 0.05) is 11.6 Å². The first-order valence-electron chi connectivity index (χ1n) is 6.12. The van der Waals surface area contributed by atoms with Crippen molar-refractivity contribution in [2.75, 3.05) is 0 Å². The normalized spacial score (nSPS) is 18.5. The second-order valence-electron chi connectivity index (χ2n) is 4.75. The second kappa shape index (κ2) is 5.56. The first-order chi connectivity index (χ1) is 8.22. The lowest BCUT2D eigenvalue weighted by atomic mass is 9.93. The Bertz CT molecular complexity index is 376. The van der Waals surface area contributed by atoms with E-state index in [0.29, 0.717) is 11.5 Å². The molecule has 0 amide bonds. The highest BCUT2D eigenvalue weighted by atomic mass is 19.2. The van der Waals surface area contributed by atoms with E-state index in [1.54, 1.807) is 6.07 Å². The summed E-state index contributed by atoms with van der Waals surface area (Å²) in [5.41, 5.74) is 2.94. The predicted molar refractivity (Wildman–Crippen MR) is 63.0 cm³/mol. The van der Waals surface area contributed by atoms with Gasteiger partial charge in [0.25, 0.3) is 0 Å². The van der Waals surface area contributed by atoms with Crippen molar-refractivity contribution in [2.24, 2.45) is 11.8 Å². The molecule has 0 saturated heterocycles. The number of rotatable bonds is 4. The lowest BCUT2D eigenvalue weighted by Gasteiger charge is -2.20. The van der Waals surface area contributed by atoms with Gasteiger partial charge in [0.1, 0.15) is 0 Å². The number of nitrogens with two attached hydrogens (primary N) is 1. The lowest BCUT2D eigenvalue weighted by molar-refractivity contribution is 0.383. The minimum atomic E-state index is -0.811. The number of nitrogens with one attached hydrogen (secondary N) is 1. The Morgan fingerprint density at radius 1 is 1.29 bits per heavy atom. The van der Waals surface area contributed by atoms with Gasteiger partial charge in [-0.1, -0.05) is 37.8 Å². The zero-order valence-electron chi connectivity index (χ0n) is 9.76. The van der Waals surface area contributed by atoms with Gasteiger partial charge < -0.3 is 0 Å². The number of hydrogen-bond donors (Lipinski definition) is 2. The first kappa shape index (κ1) is 12.5. The molecule has 2 nitrogen and oxygen atoms in total. The topological polar surface area (TPSA) is 38.0 Å². The van der Waals surface area contributed by atoms with Crippen LogP contribution in [0.15, 0.2) is 18.2 Å². The fourth-order valence-corrected chi connectivity index (χ4v) is 2.65. The van der Waals surface area contributed by atoms with Crippen molar-refractivity contribution in [3.63, 3.8) is 0 Å². The molecule has 1 aromatic carbocycles. The van der Waals surface area contributed by atoms with Crippen LogP contribution in [0.5, 0.6) is 0 Å². The van der Waals surface area contributed by atoms with Crippen LogP contribution in [-0.2, 0) is 0 Å². The predicted octanol–water partition coefficient (Wildman–Crippen LogP) is 3.05. The summed E-state index contributed by atoms with van der Waals surface area (Å²) in [4.78, 5) is 0. The number of benzene rings is 1. The maximum Gasteiger partial charge on any atom is 0.163 e. The molecule has 0 radical (unpaired) electrons. The van der Waals surface area contributed by atoms with Gasteiger partial charge in [-0.25, -0.2) is 8.78 Å². The van der Waals surface area contributed by atoms with E-state index in [4.69, 9.17) is 5.84 Å². The molecule has 0 aliphatic heterocycles. The fraction of sp³-hybridized carbons (Fsp3) is 0.538. The largest absolute Gasteiger partial charge is 0.271 e. The van der Waals surface area contributed by atoms with Crippen LogP contribution in [0.4, 0.5) is 8.78 Å². The zero-order valence-corrected chi connectivity index (χ0v) is 9.76. The van der Waals surface area contributed by atoms with E-state index < -0.39 is 11.6 Å². The molecule has 4 heteroatoms. The van der Waals surface area contributed by atoms with Crippen molar-refractivity contribution in [3.05, 3.63) is 35.4 Å². The maximum atomic E-state index is 13.6. The van der Waals surface area contributed by atoms with E-state index in [9.17, 15) is 8.78 Å². The molecule has 1 fully saturated rings. The van der Waals surface area contributed by atoms with Gasteiger partial charge in [0.05, 0.1) is 0 Å². The second-order valence-corrected chi connectivity index (χ2v) is 4.75. The Balaban J connectivity index is 2.13. The molecule has 1 aromatic rings. The molecular weight excluding hydrogens is 222 g/mol. The van der Waals surface area contributed by atoms with Gasteiger partial charge in [0.2, 0.25) is 0 Å². The highest BCUT2D eigenvalue weighted by Crippen LogP contribution is 2.33. The van der Waals surface area contributed by atoms with E-state index in [-0.39, 0.29) is 6.04 Å². The van der Waals surface area contributed by atoms with Crippen LogP contribution in [0.25, 0.3) is 0 Å². The quantitative estimate of drug-likeness (QED) is 0.627. The van der Waals surface area contributed by atoms with Crippen LogP contribution < -0.4 is 11.3 Å². The summed E-state index contributed by atoms with van der Waals surface area (Å²) in [7, 11) is 0. The van der Waals surface area contributed by atoms with Gasteiger partial charge >= 0.3 is 0 Å². The van der Waals surface area contributed by atoms with Crippen molar-refractivity contribution >= 4 is 0 Å². The highest BCUT2D eigenvalue weighted by molar-refractivity contribution is 5.22. The summed E-state index contributed by atoms with van der Waals surface area (Å²) in [6.45, 7) is 0. The molecule has 1 aliphatic rings. The summed E-state index contributed by atoms with van der Waals surface area (Å²) in [5.74, 6) is 4.44. The average Bonchev–Trinajstić information content (AvgIpc) is 2.83. The van der Waals surface area contributed by atoms with Gasteiger partial charge in [-0.05, 0) is 18.4 Å².